The number of fused-ring (bicyclic) bond motifs is 1. The molecule has 4 rings (SSSR count). The second kappa shape index (κ2) is 8.79. The molecule has 7 nitrogen and oxygen atoms in total. The van der Waals surface area contributed by atoms with Gasteiger partial charge in [-0.2, -0.15) is 0 Å². The Balaban J connectivity index is 1.76. The van der Waals surface area contributed by atoms with Crippen molar-refractivity contribution in [3.8, 4) is 5.75 Å². The number of nitrogens with zero attached hydrogens (tertiary/aromatic N) is 2. The van der Waals surface area contributed by atoms with E-state index in [4.69, 9.17) is 9.47 Å². The molecule has 1 N–H and O–H groups in total. The molecule has 10 heteroatoms. The van der Waals surface area contributed by atoms with Crippen LogP contribution in [0.2, 0.25) is 0 Å². The number of carbonyl (C=O) groups excluding carboxylic acids is 2. The Morgan fingerprint density at radius 3 is 2.78 bits per heavy atom. The Bertz CT molecular complexity index is 1200. The maximum absolute atomic E-state index is 14.0. The first-order valence-electron chi connectivity index (χ1n) is 9.88. The van der Waals surface area contributed by atoms with E-state index in [2.05, 4.69) is 22.1 Å². The van der Waals surface area contributed by atoms with Crippen molar-refractivity contribution in [3.05, 3.63) is 47.0 Å². The van der Waals surface area contributed by atoms with Gasteiger partial charge in [-0.25, -0.2) is 13.8 Å². The SMILES string of the molecule is COCC1CC(C)N1c1nc2ccc(OC)c(C(=O)Nc3cc(F)cc(F)c3C=O)c2s1. The van der Waals surface area contributed by atoms with E-state index in [0.29, 0.717) is 22.9 Å². The van der Waals surface area contributed by atoms with Crippen LogP contribution in [0.5, 0.6) is 5.75 Å². The summed E-state index contributed by atoms with van der Waals surface area (Å²) in [5, 5.41) is 3.19. The van der Waals surface area contributed by atoms with Gasteiger partial charge in [-0.15, -0.1) is 0 Å². The highest BCUT2D eigenvalue weighted by Gasteiger charge is 2.37. The van der Waals surface area contributed by atoms with Crippen LogP contribution in [0.4, 0.5) is 19.6 Å². The van der Waals surface area contributed by atoms with Crippen LogP contribution in [-0.4, -0.2) is 50.1 Å². The van der Waals surface area contributed by atoms with Crippen molar-refractivity contribution < 1.29 is 27.8 Å². The Morgan fingerprint density at radius 2 is 2.12 bits per heavy atom. The third-order valence-corrected chi connectivity index (χ3v) is 6.58. The Labute approximate surface area is 186 Å². The first-order valence-corrected chi connectivity index (χ1v) is 10.7. The number of hydrogen-bond donors (Lipinski definition) is 1. The molecule has 1 fully saturated rings. The summed E-state index contributed by atoms with van der Waals surface area (Å²) in [6, 6.07) is 5.31. The lowest BCUT2D eigenvalue weighted by atomic mass is 9.96. The van der Waals surface area contributed by atoms with Crippen LogP contribution in [0.15, 0.2) is 24.3 Å². The van der Waals surface area contributed by atoms with Gasteiger partial charge in [0.2, 0.25) is 0 Å². The number of halogens is 2. The summed E-state index contributed by atoms with van der Waals surface area (Å²) in [4.78, 5) is 31.3. The van der Waals surface area contributed by atoms with Crippen molar-refractivity contribution in [1.29, 1.82) is 0 Å². The van der Waals surface area contributed by atoms with Crippen LogP contribution >= 0.6 is 11.3 Å². The van der Waals surface area contributed by atoms with E-state index in [-0.39, 0.29) is 35.4 Å². The molecular weight excluding hydrogens is 440 g/mol. The smallest absolute Gasteiger partial charge is 0.260 e. The zero-order chi connectivity index (χ0) is 23.0. The minimum absolute atomic E-state index is 0.173. The van der Waals surface area contributed by atoms with Gasteiger partial charge in [0.15, 0.2) is 11.4 Å². The maximum atomic E-state index is 14.0. The van der Waals surface area contributed by atoms with E-state index in [9.17, 15) is 18.4 Å². The van der Waals surface area contributed by atoms with Crippen LogP contribution in [-0.2, 0) is 4.74 Å². The van der Waals surface area contributed by atoms with Crippen molar-refractivity contribution in [3.63, 3.8) is 0 Å². The topological polar surface area (TPSA) is 80.8 Å². The molecular formula is C22H21F2N3O4S. The number of rotatable bonds is 7. The second-order valence-corrected chi connectivity index (χ2v) is 8.49. The van der Waals surface area contributed by atoms with E-state index in [1.807, 2.05) is 0 Å². The Kier molecular flexibility index (Phi) is 6.07. The molecule has 3 aromatic rings. The van der Waals surface area contributed by atoms with Crippen LogP contribution in [0.3, 0.4) is 0 Å². The number of thiazole rings is 1. The number of amides is 1. The first-order chi connectivity index (χ1) is 15.4. The van der Waals surface area contributed by atoms with Gasteiger partial charge in [0.1, 0.15) is 22.9 Å². The molecule has 1 aliphatic rings. The van der Waals surface area contributed by atoms with Gasteiger partial charge in [-0.3, -0.25) is 9.59 Å². The third-order valence-electron chi connectivity index (χ3n) is 5.48. The third kappa shape index (κ3) is 3.80. The molecule has 0 aliphatic carbocycles. The average molecular weight is 461 g/mol. The predicted octanol–water partition coefficient (Wildman–Crippen LogP) is 4.26. The van der Waals surface area contributed by atoms with E-state index in [0.717, 1.165) is 17.6 Å². The van der Waals surface area contributed by atoms with E-state index >= 15 is 0 Å². The standard InChI is InChI=1S/C22H21F2N3O4S/c1-11-6-13(10-30-2)27(11)22-26-16-4-5-18(31-3)19(20(16)32-22)21(29)25-17-8-12(23)7-15(24)14(17)9-28/h4-5,7-9,11,13H,6,10H2,1-3H3,(H,25,29). The number of anilines is 2. The monoisotopic (exact) mass is 461 g/mol. The molecule has 32 heavy (non-hydrogen) atoms. The largest absolute Gasteiger partial charge is 0.496 e. The van der Waals surface area contributed by atoms with Gasteiger partial charge >= 0.3 is 0 Å². The fourth-order valence-electron chi connectivity index (χ4n) is 3.98. The first kappa shape index (κ1) is 22.1. The lowest BCUT2D eigenvalue weighted by Gasteiger charge is -2.46. The number of hydrogen-bond acceptors (Lipinski definition) is 7. The molecule has 168 valence electrons. The van der Waals surface area contributed by atoms with E-state index in [1.165, 1.54) is 18.4 Å². The molecule has 2 heterocycles. The highest BCUT2D eigenvalue weighted by Crippen LogP contribution is 2.41. The van der Waals surface area contributed by atoms with Crippen LogP contribution in [0.1, 0.15) is 34.1 Å². The highest BCUT2D eigenvalue weighted by molar-refractivity contribution is 7.22. The summed E-state index contributed by atoms with van der Waals surface area (Å²) in [7, 11) is 3.07. The molecule has 2 unspecified atom stereocenters. The predicted molar refractivity (Wildman–Crippen MR) is 118 cm³/mol. The molecule has 1 amide bonds. The summed E-state index contributed by atoms with van der Waals surface area (Å²) in [5.74, 6) is -2.36. The Morgan fingerprint density at radius 1 is 1.34 bits per heavy atom. The molecule has 0 bridgehead atoms. The van der Waals surface area contributed by atoms with Crippen molar-refractivity contribution in [2.45, 2.75) is 25.4 Å². The fraction of sp³-hybridized carbons (Fsp3) is 0.318. The Hall–Kier alpha value is -3.11. The van der Waals surface area contributed by atoms with Crippen LogP contribution < -0.4 is 15.0 Å². The van der Waals surface area contributed by atoms with Crippen molar-refractivity contribution in [2.24, 2.45) is 0 Å². The van der Waals surface area contributed by atoms with Gasteiger partial charge in [-0.1, -0.05) is 11.3 Å². The highest BCUT2D eigenvalue weighted by atomic mass is 32.1. The van der Waals surface area contributed by atoms with Crippen molar-refractivity contribution >= 4 is 44.6 Å². The minimum Gasteiger partial charge on any atom is -0.496 e. The van der Waals surface area contributed by atoms with Gasteiger partial charge in [-0.05, 0) is 31.5 Å². The molecule has 0 spiro atoms. The maximum Gasteiger partial charge on any atom is 0.260 e. The lowest BCUT2D eigenvalue weighted by Crippen LogP contribution is -2.56. The van der Waals surface area contributed by atoms with Crippen molar-refractivity contribution in [1.82, 2.24) is 4.98 Å². The number of nitrogens with one attached hydrogen (secondary N) is 1. The van der Waals surface area contributed by atoms with Crippen LogP contribution in [0, 0.1) is 11.6 Å². The molecule has 1 aliphatic heterocycles. The number of aldehydes is 1. The van der Waals surface area contributed by atoms with Gasteiger partial charge in [0.05, 0.1) is 41.2 Å². The fourth-order valence-corrected chi connectivity index (χ4v) is 5.25. The summed E-state index contributed by atoms with van der Waals surface area (Å²) in [6.07, 6.45) is 1.20. The quantitative estimate of drug-likeness (QED) is 0.530. The van der Waals surface area contributed by atoms with Crippen molar-refractivity contribution in [2.75, 3.05) is 31.0 Å². The molecule has 0 saturated carbocycles. The summed E-state index contributed by atoms with van der Waals surface area (Å²) in [6.45, 7) is 2.66. The zero-order valence-corrected chi connectivity index (χ0v) is 18.5. The second-order valence-electron chi connectivity index (χ2n) is 7.51. The molecule has 1 saturated heterocycles. The summed E-state index contributed by atoms with van der Waals surface area (Å²) >= 11 is 1.33. The number of ether oxygens (including phenoxy) is 2. The lowest BCUT2D eigenvalue weighted by molar-refractivity contribution is 0.102. The number of methoxy groups -OCH3 is 2. The molecule has 2 atom stereocenters. The van der Waals surface area contributed by atoms with Gasteiger partial charge in [0.25, 0.3) is 5.91 Å². The minimum atomic E-state index is -1.06. The van der Waals surface area contributed by atoms with E-state index < -0.39 is 23.1 Å². The zero-order valence-electron chi connectivity index (χ0n) is 17.6. The molecule has 0 radical (unpaired) electrons. The number of carbonyl (C=O) groups is 2. The molecule has 1 aromatic heterocycles. The number of benzene rings is 2. The normalized spacial score (nSPS) is 17.8. The summed E-state index contributed by atoms with van der Waals surface area (Å²) < 4.78 is 38.9. The number of aromatic nitrogens is 1. The summed E-state index contributed by atoms with van der Waals surface area (Å²) in [5.41, 5.74) is 0.0644. The molecule has 2 aromatic carbocycles. The van der Waals surface area contributed by atoms with E-state index in [1.54, 1.807) is 19.2 Å². The van der Waals surface area contributed by atoms with Gasteiger partial charge < -0.3 is 19.7 Å². The van der Waals surface area contributed by atoms with Crippen LogP contribution in [0.25, 0.3) is 10.2 Å². The average Bonchev–Trinajstić information content (AvgIpc) is 3.14. The van der Waals surface area contributed by atoms with Gasteiger partial charge in [0, 0.05) is 19.2 Å².